The Kier molecular flexibility index (Phi) is 3.04. The first-order valence-corrected chi connectivity index (χ1v) is 7.58. The summed E-state index contributed by atoms with van der Waals surface area (Å²) in [6.45, 7) is 3.80. The molecule has 0 aliphatic carbocycles. The number of hydrogen-bond acceptors (Lipinski definition) is 4. The van der Waals surface area contributed by atoms with E-state index in [0.717, 1.165) is 30.1 Å². The highest BCUT2D eigenvalue weighted by atomic mass is 16.1. The molecule has 116 valence electrons. The number of rotatable bonds is 3. The number of anilines is 1. The molecule has 1 fully saturated rings. The number of benzene rings is 1. The zero-order chi connectivity index (χ0) is 16.0. The Balaban J connectivity index is 1.58. The quantitative estimate of drug-likeness (QED) is 0.801. The molecule has 0 unspecified atom stereocenters. The first-order valence-electron chi connectivity index (χ1n) is 7.58. The van der Waals surface area contributed by atoms with Crippen LogP contribution in [0.25, 0.3) is 11.0 Å². The van der Waals surface area contributed by atoms with Crippen LogP contribution in [0.4, 0.5) is 5.69 Å². The second kappa shape index (κ2) is 5.08. The van der Waals surface area contributed by atoms with Crippen molar-refractivity contribution in [3.8, 4) is 0 Å². The maximum Gasteiger partial charge on any atom is 0.267 e. The van der Waals surface area contributed by atoms with Gasteiger partial charge in [-0.3, -0.25) is 9.78 Å². The number of nitrogens with zero attached hydrogens (tertiary/aromatic N) is 4. The number of carbonyl (C=O) groups excluding carboxylic acids is 1. The van der Waals surface area contributed by atoms with E-state index in [1.54, 1.807) is 12.3 Å². The number of imidazole rings is 1. The highest BCUT2D eigenvalue weighted by Gasteiger charge is 2.30. The standard InChI is InChI=1S/C17H17N5O/c1-11-20-14-4-2-3-5-16(14)22(11)13-9-21(10-13)12-6-7-19-15(8-12)17(18)23/h2-8,13H,9-10H2,1H3,(H2,18,23). The van der Waals surface area contributed by atoms with Crippen molar-refractivity contribution in [2.24, 2.45) is 5.73 Å². The Morgan fingerprint density at radius 3 is 2.83 bits per heavy atom. The minimum Gasteiger partial charge on any atom is -0.367 e. The summed E-state index contributed by atoms with van der Waals surface area (Å²) in [6, 6.07) is 12.2. The summed E-state index contributed by atoms with van der Waals surface area (Å²) >= 11 is 0. The second-order valence-electron chi connectivity index (χ2n) is 5.84. The van der Waals surface area contributed by atoms with Crippen LogP contribution in [0.15, 0.2) is 42.6 Å². The summed E-state index contributed by atoms with van der Waals surface area (Å²) in [5.41, 5.74) is 8.78. The highest BCUT2D eigenvalue weighted by Crippen LogP contribution is 2.31. The van der Waals surface area contributed by atoms with Gasteiger partial charge in [0, 0.05) is 25.0 Å². The maximum atomic E-state index is 11.3. The lowest BCUT2D eigenvalue weighted by molar-refractivity contribution is 0.0995. The van der Waals surface area contributed by atoms with Gasteiger partial charge in [0.25, 0.3) is 5.91 Å². The molecule has 4 rings (SSSR count). The summed E-state index contributed by atoms with van der Waals surface area (Å²) in [6.07, 6.45) is 1.63. The molecule has 0 spiro atoms. The van der Waals surface area contributed by atoms with Crippen LogP contribution in [0.5, 0.6) is 0 Å². The van der Waals surface area contributed by atoms with Crippen LogP contribution in [-0.4, -0.2) is 33.5 Å². The number of carbonyl (C=O) groups is 1. The van der Waals surface area contributed by atoms with Gasteiger partial charge < -0.3 is 15.2 Å². The number of primary amides is 1. The monoisotopic (exact) mass is 307 g/mol. The third-order valence-electron chi connectivity index (χ3n) is 4.36. The Hall–Kier alpha value is -2.89. The number of amides is 1. The molecule has 6 heteroatoms. The minimum absolute atomic E-state index is 0.301. The number of pyridine rings is 1. The lowest BCUT2D eigenvalue weighted by Gasteiger charge is -2.42. The molecule has 1 aromatic carbocycles. The van der Waals surface area contributed by atoms with Crippen LogP contribution in [0.2, 0.25) is 0 Å². The Morgan fingerprint density at radius 1 is 1.26 bits per heavy atom. The number of aromatic nitrogens is 3. The third-order valence-corrected chi connectivity index (χ3v) is 4.36. The average molecular weight is 307 g/mol. The molecule has 1 amide bonds. The van der Waals surface area contributed by atoms with Crippen molar-refractivity contribution in [2.45, 2.75) is 13.0 Å². The largest absolute Gasteiger partial charge is 0.367 e. The van der Waals surface area contributed by atoms with E-state index in [2.05, 4.69) is 25.5 Å². The van der Waals surface area contributed by atoms with E-state index in [4.69, 9.17) is 5.73 Å². The fourth-order valence-electron chi connectivity index (χ4n) is 3.21. The van der Waals surface area contributed by atoms with Crippen molar-refractivity contribution in [1.29, 1.82) is 0 Å². The van der Waals surface area contributed by atoms with Gasteiger partial charge in [-0.1, -0.05) is 12.1 Å². The van der Waals surface area contributed by atoms with Crippen LogP contribution in [0.3, 0.4) is 0 Å². The molecule has 1 aliphatic heterocycles. The van der Waals surface area contributed by atoms with E-state index in [1.807, 2.05) is 31.2 Å². The molecule has 0 radical (unpaired) electrons. The molecular weight excluding hydrogens is 290 g/mol. The molecule has 6 nitrogen and oxygen atoms in total. The van der Waals surface area contributed by atoms with Gasteiger partial charge >= 0.3 is 0 Å². The van der Waals surface area contributed by atoms with Crippen LogP contribution >= 0.6 is 0 Å². The van der Waals surface area contributed by atoms with Crippen LogP contribution in [-0.2, 0) is 0 Å². The molecule has 23 heavy (non-hydrogen) atoms. The molecular formula is C17H17N5O. The van der Waals surface area contributed by atoms with Crippen molar-refractivity contribution in [3.05, 3.63) is 54.1 Å². The van der Waals surface area contributed by atoms with Gasteiger partial charge in [-0.05, 0) is 31.2 Å². The van der Waals surface area contributed by atoms with Gasteiger partial charge in [-0.2, -0.15) is 0 Å². The Morgan fingerprint density at radius 2 is 2.04 bits per heavy atom. The third kappa shape index (κ3) is 2.23. The summed E-state index contributed by atoms with van der Waals surface area (Å²) in [5, 5.41) is 0. The first kappa shape index (κ1) is 13.8. The van der Waals surface area contributed by atoms with E-state index in [9.17, 15) is 4.79 Å². The smallest absolute Gasteiger partial charge is 0.267 e. The van der Waals surface area contributed by atoms with Crippen molar-refractivity contribution >= 4 is 22.6 Å². The zero-order valence-electron chi connectivity index (χ0n) is 12.8. The van der Waals surface area contributed by atoms with Crippen molar-refractivity contribution < 1.29 is 4.79 Å². The number of nitrogens with two attached hydrogens (primary N) is 1. The molecule has 2 N–H and O–H groups in total. The molecule has 0 bridgehead atoms. The fourth-order valence-corrected chi connectivity index (χ4v) is 3.21. The molecule has 2 aromatic heterocycles. The Bertz CT molecular complexity index is 895. The molecule has 0 saturated carbocycles. The molecule has 1 aliphatic rings. The second-order valence-corrected chi connectivity index (χ2v) is 5.84. The van der Waals surface area contributed by atoms with E-state index >= 15 is 0 Å². The molecule has 1 saturated heterocycles. The predicted molar refractivity (Wildman–Crippen MR) is 88.5 cm³/mol. The number of para-hydroxylation sites is 2. The normalized spacial score (nSPS) is 14.9. The summed E-state index contributed by atoms with van der Waals surface area (Å²) in [4.78, 5) is 22.1. The van der Waals surface area contributed by atoms with E-state index in [0.29, 0.717) is 11.7 Å². The van der Waals surface area contributed by atoms with Crippen LogP contribution in [0, 0.1) is 6.92 Å². The topological polar surface area (TPSA) is 77.0 Å². The zero-order valence-corrected chi connectivity index (χ0v) is 12.8. The summed E-state index contributed by atoms with van der Waals surface area (Å²) in [5.74, 6) is 0.531. The van der Waals surface area contributed by atoms with E-state index < -0.39 is 5.91 Å². The van der Waals surface area contributed by atoms with Gasteiger partial charge in [0.2, 0.25) is 0 Å². The first-order chi connectivity index (χ1) is 11.1. The van der Waals surface area contributed by atoms with Crippen molar-refractivity contribution in [1.82, 2.24) is 14.5 Å². The van der Waals surface area contributed by atoms with Crippen LogP contribution in [0.1, 0.15) is 22.4 Å². The summed E-state index contributed by atoms with van der Waals surface area (Å²) < 4.78 is 2.29. The SMILES string of the molecule is Cc1nc2ccccc2n1C1CN(c2ccnc(C(N)=O)c2)C1. The highest BCUT2D eigenvalue weighted by molar-refractivity contribution is 5.91. The average Bonchev–Trinajstić information content (AvgIpc) is 2.83. The predicted octanol–water partition coefficient (Wildman–Crippen LogP) is 1.90. The van der Waals surface area contributed by atoms with Gasteiger partial charge in [0.1, 0.15) is 11.5 Å². The fraction of sp³-hybridized carbons (Fsp3) is 0.235. The minimum atomic E-state index is -0.500. The lowest BCUT2D eigenvalue weighted by Crippen LogP contribution is -2.48. The van der Waals surface area contributed by atoms with Gasteiger partial charge in [0.05, 0.1) is 17.1 Å². The van der Waals surface area contributed by atoms with E-state index in [-0.39, 0.29) is 0 Å². The van der Waals surface area contributed by atoms with Crippen molar-refractivity contribution in [3.63, 3.8) is 0 Å². The van der Waals surface area contributed by atoms with E-state index in [1.165, 1.54) is 5.52 Å². The number of hydrogen-bond donors (Lipinski definition) is 1. The number of aryl methyl sites for hydroxylation is 1. The van der Waals surface area contributed by atoms with Crippen molar-refractivity contribution in [2.75, 3.05) is 18.0 Å². The van der Waals surface area contributed by atoms with Gasteiger partial charge in [-0.25, -0.2) is 4.98 Å². The lowest BCUT2D eigenvalue weighted by atomic mass is 10.1. The Labute approximate surface area is 133 Å². The molecule has 3 heterocycles. The number of fused-ring (bicyclic) bond motifs is 1. The summed E-state index contributed by atoms with van der Waals surface area (Å²) in [7, 11) is 0. The maximum absolute atomic E-state index is 11.3. The van der Waals surface area contributed by atoms with Crippen LogP contribution < -0.4 is 10.6 Å². The van der Waals surface area contributed by atoms with Gasteiger partial charge in [-0.15, -0.1) is 0 Å². The molecule has 0 atom stereocenters. The van der Waals surface area contributed by atoms with Gasteiger partial charge in [0.15, 0.2) is 0 Å². The molecule has 3 aromatic rings.